The zero-order valence-corrected chi connectivity index (χ0v) is 12.0. The molecule has 0 aliphatic carbocycles. The number of hydrogen-bond donors (Lipinski definition) is 1. The number of benzene rings is 1. The van der Waals surface area contributed by atoms with Gasteiger partial charge in [-0.15, -0.1) is 0 Å². The Balaban J connectivity index is 1.79. The monoisotopic (exact) mass is 316 g/mol. The number of hydrogen-bond acceptors (Lipinski definition) is 3. The second-order valence-electron chi connectivity index (χ2n) is 4.62. The van der Waals surface area contributed by atoms with Crippen molar-refractivity contribution in [1.29, 1.82) is 0 Å². The SMILES string of the molecule is CN1CCO[C@H](CNCc2cc(F)ccc2Br)C1. The Labute approximate surface area is 115 Å². The fraction of sp³-hybridized carbons (Fsp3) is 0.538. The van der Waals surface area contributed by atoms with Crippen molar-refractivity contribution in [2.75, 3.05) is 33.3 Å². The predicted molar refractivity (Wildman–Crippen MR) is 73.0 cm³/mol. The molecule has 1 aromatic carbocycles. The highest BCUT2D eigenvalue weighted by Gasteiger charge is 2.16. The van der Waals surface area contributed by atoms with Gasteiger partial charge in [0, 0.05) is 30.7 Å². The van der Waals surface area contributed by atoms with Crippen LogP contribution in [-0.2, 0) is 11.3 Å². The van der Waals surface area contributed by atoms with Crippen LogP contribution in [0.25, 0.3) is 0 Å². The Kier molecular flexibility index (Phi) is 5.12. The molecule has 1 atom stereocenters. The highest BCUT2D eigenvalue weighted by molar-refractivity contribution is 9.10. The second kappa shape index (κ2) is 6.61. The van der Waals surface area contributed by atoms with Crippen LogP contribution in [0, 0.1) is 5.82 Å². The first kappa shape index (κ1) is 13.9. The molecule has 1 N–H and O–H groups in total. The van der Waals surface area contributed by atoms with Crippen molar-refractivity contribution in [2.24, 2.45) is 0 Å². The molecular formula is C13H18BrFN2O. The van der Waals surface area contributed by atoms with E-state index in [9.17, 15) is 4.39 Å². The summed E-state index contributed by atoms with van der Waals surface area (Å²) < 4.78 is 19.7. The van der Waals surface area contributed by atoms with Crippen LogP contribution >= 0.6 is 15.9 Å². The minimum absolute atomic E-state index is 0.205. The summed E-state index contributed by atoms with van der Waals surface area (Å²) in [4.78, 5) is 2.26. The lowest BCUT2D eigenvalue weighted by atomic mass is 10.2. The summed E-state index contributed by atoms with van der Waals surface area (Å²) in [6.45, 7) is 4.14. The summed E-state index contributed by atoms with van der Waals surface area (Å²) in [5.74, 6) is -0.205. The summed E-state index contributed by atoms with van der Waals surface area (Å²) >= 11 is 3.42. The van der Waals surface area contributed by atoms with Gasteiger partial charge in [-0.25, -0.2) is 4.39 Å². The minimum atomic E-state index is -0.205. The Morgan fingerprint density at radius 3 is 3.17 bits per heavy atom. The molecule has 0 bridgehead atoms. The van der Waals surface area contributed by atoms with Gasteiger partial charge in [-0.1, -0.05) is 15.9 Å². The predicted octanol–water partition coefficient (Wildman–Crippen LogP) is 2.01. The number of halogens is 2. The fourth-order valence-electron chi connectivity index (χ4n) is 2.04. The van der Waals surface area contributed by atoms with Crippen LogP contribution in [0.5, 0.6) is 0 Å². The lowest BCUT2D eigenvalue weighted by molar-refractivity contribution is -0.0182. The van der Waals surface area contributed by atoms with Crippen molar-refractivity contribution in [1.82, 2.24) is 10.2 Å². The molecule has 0 amide bonds. The van der Waals surface area contributed by atoms with E-state index in [-0.39, 0.29) is 11.9 Å². The highest BCUT2D eigenvalue weighted by atomic mass is 79.9. The largest absolute Gasteiger partial charge is 0.374 e. The van der Waals surface area contributed by atoms with Gasteiger partial charge in [0.05, 0.1) is 12.7 Å². The van der Waals surface area contributed by atoms with Crippen molar-refractivity contribution in [3.63, 3.8) is 0 Å². The average Bonchev–Trinajstić information content (AvgIpc) is 2.34. The van der Waals surface area contributed by atoms with Crippen LogP contribution in [0.3, 0.4) is 0 Å². The van der Waals surface area contributed by atoms with E-state index in [4.69, 9.17) is 4.74 Å². The van der Waals surface area contributed by atoms with Crippen molar-refractivity contribution in [3.8, 4) is 0 Å². The van der Waals surface area contributed by atoms with Gasteiger partial charge in [0.25, 0.3) is 0 Å². The van der Waals surface area contributed by atoms with Gasteiger partial charge in [-0.05, 0) is 30.8 Å². The Bertz CT molecular complexity index is 403. The summed E-state index contributed by atoms with van der Waals surface area (Å²) in [6.07, 6.45) is 0.219. The third kappa shape index (κ3) is 4.02. The maximum atomic E-state index is 13.1. The molecule has 0 saturated carbocycles. The lowest BCUT2D eigenvalue weighted by Crippen LogP contribution is -2.44. The Hall–Kier alpha value is -0.490. The molecule has 100 valence electrons. The molecule has 0 unspecified atom stereocenters. The maximum absolute atomic E-state index is 13.1. The van der Waals surface area contributed by atoms with E-state index in [1.807, 2.05) is 0 Å². The minimum Gasteiger partial charge on any atom is -0.374 e. The van der Waals surface area contributed by atoms with E-state index in [0.29, 0.717) is 6.54 Å². The first-order valence-electron chi connectivity index (χ1n) is 6.10. The molecule has 18 heavy (non-hydrogen) atoms. The quantitative estimate of drug-likeness (QED) is 0.919. The zero-order valence-electron chi connectivity index (χ0n) is 10.5. The zero-order chi connectivity index (χ0) is 13.0. The molecular weight excluding hydrogens is 299 g/mol. The number of rotatable bonds is 4. The molecule has 1 heterocycles. The fourth-order valence-corrected chi connectivity index (χ4v) is 2.42. The standard InChI is InChI=1S/C13H18BrFN2O/c1-17-4-5-18-12(9-17)8-16-7-10-6-11(15)2-3-13(10)14/h2-3,6,12,16H,4-5,7-9H2,1H3/t12-/m1/s1. The van der Waals surface area contributed by atoms with E-state index in [0.717, 1.165) is 36.3 Å². The van der Waals surface area contributed by atoms with Gasteiger partial charge in [0.1, 0.15) is 5.82 Å². The van der Waals surface area contributed by atoms with Gasteiger partial charge in [-0.2, -0.15) is 0 Å². The number of morpholine rings is 1. The van der Waals surface area contributed by atoms with Crippen LogP contribution in [-0.4, -0.2) is 44.3 Å². The Morgan fingerprint density at radius 1 is 1.56 bits per heavy atom. The first-order valence-corrected chi connectivity index (χ1v) is 6.89. The van der Waals surface area contributed by atoms with Gasteiger partial charge >= 0.3 is 0 Å². The number of nitrogens with zero attached hydrogens (tertiary/aromatic N) is 1. The van der Waals surface area contributed by atoms with E-state index in [2.05, 4.69) is 33.2 Å². The summed E-state index contributed by atoms with van der Waals surface area (Å²) in [5.41, 5.74) is 0.930. The van der Waals surface area contributed by atoms with E-state index >= 15 is 0 Å². The summed E-state index contributed by atoms with van der Waals surface area (Å²) in [6, 6.07) is 4.73. The molecule has 1 aliphatic rings. The highest BCUT2D eigenvalue weighted by Crippen LogP contribution is 2.17. The van der Waals surface area contributed by atoms with Crippen molar-refractivity contribution >= 4 is 15.9 Å². The van der Waals surface area contributed by atoms with Crippen molar-refractivity contribution in [2.45, 2.75) is 12.6 Å². The third-order valence-electron chi connectivity index (χ3n) is 3.04. The maximum Gasteiger partial charge on any atom is 0.123 e. The molecule has 0 aromatic heterocycles. The van der Waals surface area contributed by atoms with Crippen LogP contribution in [0.1, 0.15) is 5.56 Å². The Morgan fingerprint density at radius 2 is 2.39 bits per heavy atom. The van der Waals surface area contributed by atoms with Gasteiger partial charge in [-0.3, -0.25) is 0 Å². The van der Waals surface area contributed by atoms with Crippen molar-refractivity contribution in [3.05, 3.63) is 34.1 Å². The molecule has 1 aliphatic heterocycles. The summed E-state index contributed by atoms with van der Waals surface area (Å²) in [7, 11) is 2.10. The number of ether oxygens (including phenoxy) is 1. The topological polar surface area (TPSA) is 24.5 Å². The van der Waals surface area contributed by atoms with Gasteiger partial charge in [0.15, 0.2) is 0 Å². The van der Waals surface area contributed by atoms with Crippen LogP contribution in [0.4, 0.5) is 4.39 Å². The average molecular weight is 317 g/mol. The third-order valence-corrected chi connectivity index (χ3v) is 3.81. The molecule has 1 saturated heterocycles. The molecule has 1 aromatic rings. The molecule has 0 spiro atoms. The normalized spacial score (nSPS) is 21.2. The van der Waals surface area contributed by atoms with Gasteiger partial charge in [0.2, 0.25) is 0 Å². The van der Waals surface area contributed by atoms with Crippen LogP contribution in [0.2, 0.25) is 0 Å². The molecule has 2 rings (SSSR count). The van der Waals surface area contributed by atoms with E-state index in [1.165, 1.54) is 6.07 Å². The van der Waals surface area contributed by atoms with Crippen LogP contribution in [0.15, 0.2) is 22.7 Å². The molecule has 1 fully saturated rings. The van der Waals surface area contributed by atoms with Gasteiger partial charge < -0.3 is 15.0 Å². The lowest BCUT2D eigenvalue weighted by Gasteiger charge is -2.30. The van der Waals surface area contributed by atoms with E-state index in [1.54, 1.807) is 12.1 Å². The second-order valence-corrected chi connectivity index (χ2v) is 5.48. The first-order chi connectivity index (χ1) is 8.65. The smallest absolute Gasteiger partial charge is 0.123 e. The number of nitrogens with one attached hydrogen (secondary N) is 1. The summed E-state index contributed by atoms with van der Waals surface area (Å²) in [5, 5.41) is 3.31. The number of likely N-dealkylation sites (N-methyl/N-ethyl adjacent to an activating group) is 1. The molecule has 3 nitrogen and oxygen atoms in total. The van der Waals surface area contributed by atoms with Crippen LogP contribution < -0.4 is 5.32 Å². The van der Waals surface area contributed by atoms with Crippen molar-refractivity contribution < 1.29 is 9.13 Å². The molecule has 5 heteroatoms. The molecule has 0 radical (unpaired) electrons. The van der Waals surface area contributed by atoms with E-state index < -0.39 is 0 Å².